The number of carbonyl (C=O) groups is 3. The van der Waals surface area contributed by atoms with Gasteiger partial charge in [0.2, 0.25) is 0 Å². The summed E-state index contributed by atoms with van der Waals surface area (Å²) in [7, 11) is 0. The highest BCUT2D eigenvalue weighted by atomic mass is 79.9. The molecule has 0 radical (unpaired) electrons. The molecule has 0 unspecified atom stereocenters. The molecule has 0 aromatic heterocycles. The van der Waals surface area contributed by atoms with Crippen LogP contribution in [0.5, 0.6) is 0 Å². The van der Waals surface area contributed by atoms with Gasteiger partial charge in [-0.25, -0.2) is 0 Å². The zero-order valence-electron chi connectivity index (χ0n) is 11.9. The summed E-state index contributed by atoms with van der Waals surface area (Å²) in [6.45, 7) is 1.28. The smallest absolute Gasteiger partial charge is 0.196 e. The number of rotatable bonds is 5. The minimum absolute atomic E-state index is 0.112. The summed E-state index contributed by atoms with van der Waals surface area (Å²) >= 11 is 3.29. The third-order valence-corrected chi connectivity index (χ3v) is 3.59. The Morgan fingerprint density at radius 2 is 1.45 bits per heavy atom. The van der Waals surface area contributed by atoms with Gasteiger partial charge in [0.1, 0.15) is 0 Å². The molecule has 0 fully saturated rings. The van der Waals surface area contributed by atoms with E-state index in [1.807, 2.05) is 0 Å². The number of benzene rings is 2. The van der Waals surface area contributed by atoms with Crippen LogP contribution in [0.3, 0.4) is 0 Å². The second-order valence-corrected chi connectivity index (χ2v) is 5.60. The van der Waals surface area contributed by atoms with Crippen molar-refractivity contribution in [1.82, 2.24) is 0 Å². The van der Waals surface area contributed by atoms with Gasteiger partial charge in [-0.15, -0.1) is 0 Å². The molecule has 0 bridgehead atoms. The van der Waals surface area contributed by atoms with E-state index in [9.17, 15) is 14.4 Å². The minimum Gasteiger partial charge on any atom is -0.294 e. The van der Waals surface area contributed by atoms with Gasteiger partial charge in [0, 0.05) is 21.7 Å². The van der Waals surface area contributed by atoms with Crippen molar-refractivity contribution in [2.75, 3.05) is 0 Å². The number of allylic oxidation sites excluding steroid dienone is 2. The van der Waals surface area contributed by atoms with E-state index in [1.165, 1.54) is 6.92 Å². The highest BCUT2D eigenvalue weighted by molar-refractivity contribution is 9.10. The first-order valence-corrected chi connectivity index (χ1v) is 7.40. The second kappa shape index (κ2) is 7.09. The molecule has 0 amide bonds. The van der Waals surface area contributed by atoms with Gasteiger partial charge in [-0.05, 0) is 31.2 Å². The molecule has 0 spiro atoms. The Balaban J connectivity index is 2.35. The lowest BCUT2D eigenvalue weighted by Gasteiger charge is -2.03. The lowest BCUT2D eigenvalue weighted by molar-refractivity contribution is -0.113. The lowest BCUT2D eigenvalue weighted by atomic mass is 9.98. The summed E-state index contributed by atoms with van der Waals surface area (Å²) in [6, 6.07) is 15.2. The fourth-order valence-electron chi connectivity index (χ4n) is 1.90. The van der Waals surface area contributed by atoms with Crippen molar-refractivity contribution in [3.05, 3.63) is 81.8 Å². The average Bonchev–Trinajstić information content (AvgIpc) is 2.53. The standard InChI is InChI=1S/C18H13BrO3/c1-12(20)16(18(22)14-5-3-2-4-6-14)11-17(21)13-7-9-15(19)10-8-13/h2-11H,1H3. The molecule has 3 nitrogen and oxygen atoms in total. The number of carbonyl (C=O) groups excluding carboxylic acids is 3. The summed E-state index contributed by atoms with van der Waals surface area (Å²) in [4.78, 5) is 36.3. The van der Waals surface area contributed by atoms with E-state index in [1.54, 1.807) is 54.6 Å². The van der Waals surface area contributed by atoms with Crippen LogP contribution in [0.25, 0.3) is 0 Å². The Kier molecular flexibility index (Phi) is 5.17. The van der Waals surface area contributed by atoms with Gasteiger partial charge in [0.05, 0.1) is 5.57 Å². The highest BCUT2D eigenvalue weighted by Gasteiger charge is 2.18. The van der Waals surface area contributed by atoms with Crippen LogP contribution in [0, 0.1) is 0 Å². The van der Waals surface area contributed by atoms with Crippen molar-refractivity contribution in [2.45, 2.75) is 6.92 Å². The van der Waals surface area contributed by atoms with Crippen LogP contribution in [0.15, 0.2) is 70.7 Å². The Morgan fingerprint density at radius 1 is 0.864 bits per heavy atom. The van der Waals surface area contributed by atoms with Crippen molar-refractivity contribution < 1.29 is 14.4 Å². The van der Waals surface area contributed by atoms with Crippen LogP contribution in [0.1, 0.15) is 27.6 Å². The van der Waals surface area contributed by atoms with Crippen LogP contribution in [-0.4, -0.2) is 17.3 Å². The first-order valence-electron chi connectivity index (χ1n) is 6.61. The first-order chi connectivity index (χ1) is 10.5. The molecule has 0 saturated carbocycles. The zero-order chi connectivity index (χ0) is 16.1. The van der Waals surface area contributed by atoms with Crippen molar-refractivity contribution in [3.63, 3.8) is 0 Å². The van der Waals surface area contributed by atoms with E-state index in [0.29, 0.717) is 11.1 Å². The summed E-state index contributed by atoms with van der Waals surface area (Å²) < 4.78 is 0.847. The molecule has 2 rings (SSSR count). The molecule has 0 aliphatic rings. The van der Waals surface area contributed by atoms with E-state index in [-0.39, 0.29) is 11.4 Å². The fraction of sp³-hybridized carbons (Fsp3) is 0.0556. The Labute approximate surface area is 136 Å². The average molecular weight is 357 g/mol. The van der Waals surface area contributed by atoms with Gasteiger partial charge < -0.3 is 0 Å². The normalized spacial score (nSPS) is 11.1. The maximum atomic E-state index is 12.4. The number of hydrogen-bond donors (Lipinski definition) is 0. The molecule has 0 aliphatic heterocycles. The maximum absolute atomic E-state index is 12.4. The predicted molar refractivity (Wildman–Crippen MR) is 88.0 cm³/mol. The summed E-state index contributed by atoms with van der Waals surface area (Å²) in [6.07, 6.45) is 1.11. The van der Waals surface area contributed by atoms with E-state index in [2.05, 4.69) is 15.9 Å². The molecule has 0 saturated heterocycles. The van der Waals surface area contributed by atoms with E-state index < -0.39 is 11.6 Å². The SMILES string of the molecule is CC(=O)C(=CC(=O)c1ccc(Br)cc1)C(=O)c1ccccc1. The van der Waals surface area contributed by atoms with Crippen LogP contribution in [0.4, 0.5) is 0 Å². The highest BCUT2D eigenvalue weighted by Crippen LogP contribution is 2.14. The molecular weight excluding hydrogens is 344 g/mol. The van der Waals surface area contributed by atoms with Crippen LogP contribution >= 0.6 is 15.9 Å². The molecular formula is C18H13BrO3. The molecule has 0 aliphatic carbocycles. The molecule has 0 N–H and O–H groups in total. The monoisotopic (exact) mass is 356 g/mol. The van der Waals surface area contributed by atoms with Gasteiger partial charge in [-0.3, -0.25) is 14.4 Å². The second-order valence-electron chi connectivity index (χ2n) is 4.68. The van der Waals surface area contributed by atoms with Crippen molar-refractivity contribution in [3.8, 4) is 0 Å². The topological polar surface area (TPSA) is 51.2 Å². The summed E-state index contributed by atoms with van der Waals surface area (Å²) in [5.41, 5.74) is 0.689. The van der Waals surface area contributed by atoms with Crippen molar-refractivity contribution in [2.24, 2.45) is 0 Å². The number of ketones is 3. The van der Waals surface area contributed by atoms with Crippen molar-refractivity contribution in [1.29, 1.82) is 0 Å². The molecule has 4 heteroatoms. The predicted octanol–water partition coefficient (Wildman–Crippen LogP) is 4.03. The summed E-state index contributed by atoms with van der Waals surface area (Å²) in [5.74, 6) is -1.25. The van der Waals surface area contributed by atoms with E-state index in [4.69, 9.17) is 0 Å². The summed E-state index contributed by atoms with van der Waals surface area (Å²) in [5, 5.41) is 0. The number of hydrogen-bond acceptors (Lipinski definition) is 3. The lowest BCUT2D eigenvalue weighted by Crippen LogP contribution is -2.12. The Morgan fingerprint density at radius 3 is 2.00 bits per heavy atom. The molecule has 0 atom stereocenters. The van der Waals surface area contributed by atoms with Crippen LogP contribution in [-0.2, 0) is 4.79 Å². The van der Waals surface area contributed by atoms with Gasteiger partial charge in [0.25, 0.3) is 0 Å². The Bertz CT molecular complexity index is 744. The third-order valence-electron chi connectivity index (χ3n) is 3.06. The maximum Gasteiger partial charge on any atom is 0.196 e. The number of halogens is 1. The largest absolute Gasteiger partial charge is 0.294 e. The van der Waals surface area contributed by atoms with Gasteiger partial charge in [-0.2, -0.15) is 0 Å². The molecule has 2 aromatic rings. The van der Waals surface area contributed by atoms with Crippen LogP contribution in [0.2, 0.25) is 0 Å². The van der Waals surface area contributed by atoms with E-state index >= 15 is 0 Å². The fourth-order valence-corrected chi connectivity index (χ4v) is 2.17. The van der Waals surface area contributed by atoms with Gasteiger partial charge >= 0.3 is 0 Å². The molecule has 2 aromatic carbocycles. The molecule has 110 valence electrons. The molecule has 22 heavy (non-hydrogen) atoms. The minimum atomic E-state index is -0.446. The first kappa shape index (κ1) is 16.0. The Hall–Kier alpha value is -2.33. The van der Waals surface area contributed by atoms with Gasteiger partial charge in [0.15, 0.2) is 17.3 Å². The third kappa shape index (κ3) is 3.86. The van der Waals surface area contributed by atoms with Gasteiger partial charge in [-0.1, -0.05) is 46.3 Å². The number of Topliss-reactive ketones (excluding diaryl/α,β-unsaturated/α-hetero) is 2. The van der Waals surface area contributed by atoms with Crippen LogP contribution < -0.4 is 0 Å². The van der Waals surface area contributed by atoms with Crippen molar-refractivity contribution >= 4 is 33.3 Å². The van der Waals surface area contributed by atoms with E-state index in [0.717, 1.165) is 10.5 Å². The quantitative estimate of drug-likeness (QED) is 0.351. The zero-order valence-corrected chi connectivity index (χ0v) is 13.5. The molecule has 0 heterocycles.